The molecule has 1 heterocycles. The number of alkyl halides is 1. The van der Waals surface area contributed by atoms with Crippen LogP contribution < -0.4 is 0 Å². The third-order valence-electron chi connectivity index (χ3n) is 3.04. The summed E-state index contributed by atoms with van der Waals surface area (Å²) in [5.41, 5.74) is -0.300. The molecular formula is C14H17BrFNO2. The highest BCUT2D eigenvalue weighted by Crippen LogP contribution is 2.24. The third kappa shape index (κ3) is 3.34. The van der Waals surface area contributed by atoms with Gasteiger partial charge in [-0.3, -0.25) is 4.79 Å². The summed E-state index contributed by atoms with van der Waals surface area (Å²) in [5.74, 6) is -0.757. The number of rotatable bonds is 2. The first kappa shape index (κ1) is 14.5. The van der Waals surface area contributed by atoms with E-state index in [0.717, 1.165) is 0 Å². The third-order valence-corrected chi connectivity index (χ3v) is 3.77. The van der Waals surface area contributed by atoms with Crippen molar-refractivity contribution in [1.82, 2.24) is 4.90 Å². The largest absolute Gasteiger partial charge is 0.368 e. The molecule has 1 aromatic carbocycles. The molecule has 0 bridgehead atoms. The smallest absolute Gasteiger partial charge is 0.257 e. The number of halogens is 2. The molecule has 3 nitrogen and oxygen atoms in total. The molecular weight excluding hydrogens is 313 g/mol. The Bertz CT molecular complexity index is 478. The summed E-state index contributed by atoms with van der Waals surface area (Å²) in [7, 11) is 0. The van der Waals surface area contributed by atoms with E-state index in [-0.39, 0.29) is 17.6 Å². The molecule has 5 heteroatoms. The molecule has 0 N–H and O–H groups in total. The maximum Gasteiger partial charge on any atom is 0.257 e. The number of hydrogen-bond donors (Lipinski definition) is 0. The van der Waals surface area contributed by atoms with Gasteiger partial charge in [-0.05, 0) is 26.0 Å². The van der Waals surface area contributed by atoms with Gasteiger partial charge >= 0.3 is 0 Å². The van der Waals surface area contributed by atoms with Gasteiger partial charge in [0.25, 0.3) is 5.91 Å². The van der Waals surface area contributed by atoms with Crippen molar-refractivity contribution in [1.29, 1.82) is 0 Å². The second-order valence-electron chi connectivity index (χ2n) is 5.32. The zero-order valence-electron chi connectivity index (χ0n) is 11.0. The van der Waals surface area contributed by atoms with E-state index in [9.17, 15) is 9.18 Å². The zero-order chi connectivity index (χ0) is 14.0. The SMILES string of the molecule is CC1(C)CN(C(=O)c2ccccc2F)CC(CBr)O1. The van der Waals surface area contributed by atoms with Crippen LogP contribution in [0.4, 0.5) is 4.39 Å². The molecule has 1 unspecified atom stereocenters. The number of carbonyl (C=O) groups excluding carboxylic acids is 1. The van der Waals surface area contributed by atoms with Gasteiger partial charge < -0.3 is 9.64 Å². The van der Waals surface area contributed by atoms with Crippen LogP contribution in [0.5, 0.6) is 0 Å². The quantitative estimate of drug-likeness (QED) is 0.781. The van der Waals surface area contributed by atoms with Crippen molar-refractivity contribution in [2.24, 2.45) is 0 Å². The monoisotopic (exact) mass is 329 g/mol. The molecule has 0 spiro atoms. The molecule has 104 valence electrons. The van der Waals surface area contributed by atoms with Gasteiger partial charge in [0.2, 0.25) is 0 Å². The van der Waals surface area contributed by atoms with Gasteiger partial charge in [-0.25, -0.2) is 4.39 Å². The molecule has 1 fully saturated rings. The van der Waals surface area contributed by atoms with Crippen molar-refractivity contribution in [2.45, 2.75) is 25.6 Å². The Morgan fingerprint density at radius 3 is 2.84 bits per heavy atom. The van der Waals surface area contributed by atoms with Gasteiger partial charge in [0.15, 0.2) is 0 Å². The van der Waals surface area contributed by atoms with Crippen LogP contribution in [0.1, 0.15) is 24.2 Å². The van der Waals surface area contributed by atoms with E-state index in [0.29, 0.717) is 18.4 Å². The number of amides is 1. The Balaban J connectivity index is 2.21. The van der Waals surface area contributed by atoms with Crippen molar-refractivity contribution in [3.8, 4) is 0 Å². The highest BCUT2D eigenvalue weighted by molar-refractivity contribution is 9.09. The number of hydrogen-bond acceptors (Lipinski definition) is 2. The van der Waals surface area contributed by atoms with Gasteiger partial charge in [-0.15, -0.1) is 0 Å². The van der Waals surface area contributed by atoms with Crippen LogP contribution in [0.2, 0.25) is 0 Å². The minimum absolute atomic E-state index is 0.0699. The topological polar surface area (TPSA) is 29.5 Å². The molecule has 1 aliphatic rings. The van der Waals surface area contributed by atoms with E-state index in [1.165, 1.54) is 12.1 Å². The van der Waals surface area contributed by atoms with Crippen molar-refractivity contribution < 1.29 is 13.9 Å². The summed E-state index contributed by atoms with van der Waals surface area (Å²) in [6.45, 7) is 4.80. The number of nitrogens with zero attached hydrogens (tertiary/aromatic N) is 1. The lowest BCUT2D eigenvalue weighted by atomic mass is 10.0. The van der Waals surface area contributed by atoms with Crippen molar-refractivity contribution in [2.75, 3.05) is 18.4 Å². The molecule has 19 heavy (non-hydrogen) atoms. The first-order valence-electron chi connectivity index (χ1n) is 6.20. The molecule has 1 saturated heterocycles. The summed E-state index contributed by atoms with van der Waals surface area (Å²) in [4.78, 5) is 14.0. The summed E-state index contributed by atoms with van der Waals surface area (Å²) in [5, 5.41) is 0.650. The minimum atomic E-state index is -0.479. The Morgan fingerprint density at radius 1 is 1.53 bits per heavy atom. The van der Waals surface area contributed by atoms with Crippen LogP contribution in [-0.4, -0.2) is 40.9 Å². The zero-order valence-corrected chi connectivity index (χ0v) is 12.6. The van der Waals surface area contributed by atoms with E-state index in [2.05, 4.69) is 15.9 Å². The fourth-order valence-electron chi connectivity index (χ4n) is 2.34. The van der Waals surface area contributed by atoms with E-state index < -0.39 is 11.4 Å². The average molecular weight is 330 g/mol. The molecule has 1 amide bonds. The Kier molecular flexibility index (Phi) is 4.26. The number of carbonyl (C=O) groups is 1. The van der Waals surface area contributed by atoms with E-state index in [4.69, 9.17) is 4.74 Å². The van der Waals surface area contributed by atoms with Crippen molar-refractivity contribution in [3.63, 3.8) is 0 Å². The van der Waals surface area contributed by atoms with E-state index in [1.54, 1.807) is 17.0 Å². The lowest BCUT2D eigenvalue weighted by molar-refractivity contribution is -0.116. The van der Waals surface area contributed by atoms with Gasteiger partial charge in [-0.1, -0.05) is 28.1 Å². The van der Waals surface area contributed by atoms with Gasteiger partial charge in [-0.2, -0.15) is 0 Å². The predicted molar refractivity (Wildman–Crippen MR) is 75.0 cm³/mol. The summed E-state index contributed by atoms with van der Waals surface area (Å²) < 4.78 is 19.5. The van der Waals surface area contributed by atoms with Gasteiger partial charge in [0.1, 0.15) is 5.82 Å². The minimum Gasteiger partial charge on any atom is -0.368 e. The number of benzene rings is 1. The van der Waals surface area contributed by atoms with Crippen molar-refractivity contribution >= 4 is 21.8 Å². The van der Waals surface area contributed by atoms with E-state index >= 15 is 0 Å². The highest BCUT2D eigenvalue weighted by atomic mass is 79.9. The lowest BCUT2D eigenvalue weighted by Crippen LogP contribution is -2.55. The van der Waals surface area contributed by atoms with Gasteiger partial charge in [0.05, 0.1) is 17.3 Å². The standard InChI is InChI=1S/C14H17BrFNO2/c1-14(2)9-17(8-10(7-15)19-14)13(18)11-5-3-4-6-12(11)16/h3-6,10H,7-9H2,1-2H3. The molecule has 0 radical (unpaired) electrons. The number of ether oxygens (including phenoxy) is 1. The van der Waals surface area contributed by atoms with Gasteiger partial charge in [0, 0.05) is 18.4 Å². The van der Waals surface area contributed by atoms with Crippen LogP contribution in [0, 0.1) is 5.82 Å². The normalized spacial score (nSPS) is 22.3. The maximum absolute atomic E-state index is 13.7. The molecule has 2 rings (SSSR count). The second-order valence-corrected chi connectivity index (χ2v) is 5.97. The fraction of sp³-hybridized carbons (Fsp3) is 0.500. The summed E-state index contributed by atoms with van der Waals surface area (Å²) in [6, 6.07) is 6.07. The van der Waals surface area contributed by atoms with Crippen molar-refractivity contribution in [3.05, 3.63) is 35.6 Å². The molecule has 1 aromatic rings. The summed E-state index contributed by atoms with van der Waals surface area (Å²) >= 11 is 3.37. The second kappa shape index (κ2) is 5.59. The number of morpholine rings is 1. The molecule has 1 atom stereocenters. The van der Waals surface area contributed by atoms with Crippen LogP contribution in [0.15, 0.2) is 24.3 Å². The molecule has 0 saturated carbocycles. The first-order chi connectivity index (χ1) is 8.93. The first-order valence-corrected chi connectivity index (χ1v) is 7.33. The Hall–Kier alpha value is -0.940. The van der Waals surface area contributed by atoms with Crippen LogP contribution in [0.3, 0.4) is 0 Å². The van der Waals surface area contributed by atoms with Crippen LogP contribution in [0.25, 0.3) is 0 Å². The maximum atomic E-state index is 13.7. The van der Waals surface area contributed by atoms with Crippen LogP contribution in [-0.2, 0) is 4.74 Å². The van der Waals surface area contributed by atoms with E-state index in [1.807, 2.05) is 13.8 Å². The average Bonchev–Trinajstić information content (AvgIpc) is 2.36. The Labute approximate surface area is 120 Å². The fourth-order valence-corrected chi connectivity index (χ4v) is 2.67. The molecule has 1 aliphatic heterocycles. The Morgan fingerprint density at radius 2 is 2.21 bits per heavy atom. The molecule has 0 aromatic heterocycles. The highest BCUT2D eigenvalue weighted by Gasteiger charge is 2.35. The van der Waals surface area contributed by atoms with Crippen LogP contribution >= 0.6 is 15.9 Å². The lowest BCUT2D eigenvalue weighted by Gasteiger charge is -2.42. The summed E-state index contributed by atoms with van der Waals surface area (Å²) in [6.07, 6.45) is -0.0699. The molecule has 0 aliphatic carbocycles. The predicted octanol–water partition coefficient (Wildman–Crippen LogP) is 2.84.